The van der Waals surface area contributed by atoms with E-state index in [0.29, 0.717) is 37.2 Å². The minimum Gasteiger partial charge on any atom is -0.439 e. The van der Waals surface area contributed by atoms with Gasteiger partial charge in [0.05, 0.1) is 19.8 Å². The summed E-state index contributed by atoms with van der Waals surface area (Å²) in [6.07, 6.45) is 0. The number of benzene rings is 1. The fraction of sp³-hybridized carbons (Fsp3) is 0.294. The smallest absolute Gasteiger partial charge is 0.239 e. The van der Waals surface area contributed by atoms with E-state index in [0.717, 1.165) is 13.1 Å². The topological polar surface area (TPSA) is 63.7 Å². The summed E-state index contributed by atoms with van der Waals surface area (Å²) in [5.41, 5.74) is 0. The number of morpholine rings is 1. The summed E-state index contributed by atoms with van der Waals surface area (Å²) < 4.78 is 10.9. The van der Waals surface area contributed by atoms with Gasteiger partial charge in [0, 0.05) is 19.2 Å². The molecule has 1 aliphatic heterocycles. The molecule has 0 bridgehead atoms. The number of ether oxygens (including phenoxy) is 2. The van der Waals surface area contributed by atoms with Crippen LogP contribution in [-0.2, 0) is 9.53 Å². The normalized spacial score (nSPS) is 15.1. The number of rotatable bonds is 5. The zero-order valence-electron chi connectivity index (χ0n) is 12.8. The lowest BCUT2D eigenvalue weighted by Gasteiger charge is -2.25. The highest BCUT2D eigenvalue weighted by Gasteiger charge is 2.14. The van der Waals surface area contributed by atoms with E-state index < -0.39 is 0 Å². The molecule has 120 valence electrons. The molecule has 1 N–H and O–H groups in total. The van der Waals surface area contributed by atoms with Gasteiger partial charge in [0.1, 0.15) is 11.6 Å². The molecule has 1 fully saturated rings. The Balaban J connectivity index is 1.57. The first kappa shape index (κ1) is 15.5. The number of aromatic nitrogens is 1. The van der Waals surface area contributed by atoms with Crippen molar-refractivity contribution in [2.45, 2.75) is 0 Å². The molecular weight excluding hydrogens is 294 g/mol. The van der Waals surface area contributed by atoms with Crippen LogP contribution in [-0.4, -0.2) is 48.6 Å². The second-order valence-electron chi connectivity index (χ2n) is 5.21. The lowest BCUT2D eigenvalue weighted by atomic mass is 10.3. The van der Waals surface area contributed by atoms with Gasteiger partial charge in [0.25, 0.3) is 0 Å². The third-order valence-corrected chi connectivity index (χ3v) is 3.43. The zero-order valence-corrected chi connectivity index (χ0v) is 12.8. The van der Waals surface area contributed by atoms with Crippen molar-refractivity contribution in [2.24, 2.45) is 0 Å². The maximum Gasteiger partial charge on any atom is 0.239 e. The Bertz CT molecular complexity index is 643. The van der Waals surface area contributed by atoms with Crippen molar-refractivity contribution < 1.29 is 14.3 Å². The highest BCUT2D eigenvalue weighted by molar-refractivity contribution is 5.91. The molecule has 0 saturated carbocycles. The van der Waals surface area contributed by atoms with Gasteiger partial charge in [-0.25, -0.2) is 0 Å². The molecule has 0 radical (unpaired) electrons. The van der Waals surface area contributed by atoms with Crippen LogP contribution in [0.3, 0.4) is 0 Å². The highest BCUT2D eigenvalue weighted by atomic mass is 16.5. The molecule has 2 aromatic rings. The summed E-state index contributed by atoms with van der Waals surface area (Å²) in [6, 6.07) is 14.7. The average molecular weight is 313 g/mol. The number of nitrogens with zero attached hydrogens (tertiary/aromatic N) is 2. The Kier molecular flexibility index (Phi) is 5.18. The lowest BCUT2D eigenvalue weighted by Crippen LogP contribution is -2.41. The Hall–Kier alpha value is -2.44. The average Bonchev–Trinajstić information content (AvgIpc) is 2.57. The van der Waals surface area contributed by atoms with Crippen LogP contribution in [0.15, 0.2) is 48.5 Å². The van der Waals surface area contributed by atoms with E-state index in [-0.39, 0.29) is 5.91 Å². The van der Waals surface area contributed by atoms with Crippen molar-refractivity contribution in [3.63, 3.8) is 0 Å². The Morgan fingerprint density at radius 1 is 1.13 bits per heavy atom. The minimum atomic E-state index is -0.0868. The monoisotopic (exact) mass is 313 g/mol. The second kappa shape index (κ2) is 7.71. The van der Waals surface area contributed by atoms with Crippen LogP contribution < -0.4 is 10.1 Å². The molecule has 0 aliphatic carbocycles. The van der Waals surface area contributed by atoms with E-state index in [4.69, 9.17) is 9.47 Å². The van der Waals surface area contributed by atoms with Crippen LogP contribution in [0.25, 0.3) is 0 Å². The second-order valence-corrected chi connectivity index (χ2v) is 5.21. The number of pyridine rings is 1. The van der Waals surface area contributed by atoms with Crippen LogP contribution >= 0.6 is 0 Å². The van der Waals surface area contributed by atoms with Crippen LogP contribution in [0.1, 0.15) is 0 Å². The largest absolute Gasteiger partial charge is 0.439 e. The first-order valence-electron chi connectivity index (χ1n) is 7.59. The summed E-state index contributed by atoms with van der Waals surface area (Å²) in [7, 11) is 0. The highest BCUT2D eigenvalue weighted by Crippen LogP contribution is 2.20. The SMILES string of the molecule is O=C(CN1CCOCC1)Nc1cccc(Oc2ccccc2)n1. The fourth-order valence-corrected chi connectivity index (χ4v) is 2.30. The zero-order chi connectivity index (χ0) is 15.9. The van der Waals surface area contributed by atoms with E-state index in [1.807, 2.05) is 30.3 Å². The molecule has 3 rings (SSSR count). The summed E-state index contributed by atoms with van der Waals surface area (Å²) in [6.45, 7) is 3.24. The number of hydrogen-bond donors (Lipinski definition) is 1. The molecule has 1 saturated heterocycles. The number of amides is 1. The molecule has 6 nitrogen and oxygen atoms in total. The summed E-state index contributed by atoms with van der Waals surface area (Å²) in [5.74, 6) is 1.55. The van der Waals surface area contributed by atoms with E-state index in [1.165, 1.54) is 0 Å². The maximum atomic E-state index is 12.1. The van der Waals surface area contributed by atoms with Crippen molar-refractivity contribution in [2.75, 3.05) is 38.2 Å². The molecule has 6 heteroatoms. The van der Waals surface area contributed by atoms with Gasteiger partial charge >= 0.3 is 0 Å². The van der Waals surface area contributed by atoms with Crippen molar-refractivity contribution in [3.05, 3.63) is 48.5 Å². The summed E-state index contributed by atoms with van der Waals surface area (Å²) >= 11 is 0. The standard InChI is InChI=1S/C17H19N3O3/c21-16(13-20-9-11-22-12-10-20)18-15-7-4-8-17(19-15)23-14-5-2-1-3-6-14/h1-8H,9-13H2,(H,18,19,21). The number of carbonyl (C=O) groups is 1. The molecule has 1 aliphatic rings. The summed E-state index contributed by atoms with van der Waals surface area (Å²) in [5, 5.41) is 2.80. The molecule has 1 aromatic heterocycles. The Morgan fingerprint density at radius 2 is 1.91 bits per heavy atom. The molecule has 23 heavy (non-hydrogen) atoms. The summed E-state index contributed by atoms with van der Waals surface area (Å²) in [4.78, 5) is 18.4. The van der Waals surface area contributed by atoms with Gasteiger partial charge in [-0.15, -0.1) is 0 Å². The maximum absolute atomic E-state index is 12.1. The van der Waals surface area contributed by atoms with Gasteiger partial charge in [0.2, 0.25) is 11.8 Å². The van der Waals surface area contributed by atoms with Gasteiger partial charge in [-0.2, -0.15) is 4.98 Å². The first-order valence-corrected chi connectivity index (χ1v) is 7.59. The van der Waals surface area contributed by atoms with Gasteiger partial charge < -0.3 is 14.8 Å². The van der Waals surface area contributed by atoms with Crippen LogP contribution in [0, 0.1) is 0 Å². The predicted molar refractivity (Wildman–Crippen MR) is 86.6 cm³/mol. The Labute approximate surface area is 135 Å². The third kappa shape index (κ3) is 4.77. The number of anilines is 1. The minimum absolute atomic E-state index is 0.0868. The van der Waals surface area contributed by atoms with E-state index in [9.17, 15) is 4.79 Å². The number of carbonyl (C=O) groups excluding carboxylic acids is 1. The van der Waals surface area contributed by atoms with Crippen LogP contribution in [0.4, 0.5) is 5.82 Å². The molecule has 1 aromatic carbocycles. The quantitative estimate of drug-likeness (QED) is 0.916. The van der Waals surface area contributed by atoms with Gasteiger partial charge in [-0.1, -0.05) is 24.3 Å². The molecular formula is C17H19N3O3. The van der Waals surface area contributed by atoms with Gasteiger partial charge in [0.15, 0.2) is 0 Å². The van der Waals surface area contributed by atoms with Crippen LogP contribution in [0.2, 0.25) is 0 Å². The third-order valence-electron chi connectivity index (χ3n) is 3.43. The Morgan fingerprint density at radius 3 is 2.70 bits per heavy atom. The molecule has 0 spiro atoms. The van der Waals surface area contributed by atoms with E-state index in [2.05, 4.69) is 15.2 Å². The molecule has 2 heterocycles. The van der Waals surface area contributed by atoms with Gasteiger partial charge in [-0.3, -0.25) is 9.69 Å². The van der Waals surface area contributed by atoms with Crippen molar-refractivity contribution >= 4 is 11.7 Å². The molecule has 1 amide bonds. The van der Waals surface area contributed by atoms with E-state index in [1.54, 1.807) is 18.2 Å². The number of para-hydroxylation sites is 1. The molecule has 0 atom stereocenters. The fourth-order valence-electron chi connectivity index (χ4n) is 2.30. The van der Waals surface area contributed by atoms with Crippen molar-refractivity contribution in [3.8, 4) is 11.6 Å². The van der Waals surface area contributed by atoms with Crippen molar-refractivity contribution in [1.82, 2.24) is 9.88 Å². The number of nitrogens with one attached hydrogen (secondary N) is 1. The van der Waals surface area contributed by atoms with E-state index >= 15 is 0 Å². The first-order chi connectivity index (χ1) is 11.3. The number of hydrogen-bond acceptors (Lipinski definition) is 5. The molecule has 0 unspecified atom stereocenters. The predicted octanol–water partition coefficient (Wildman–Crippen LogP) is 2.14. The van der Waals surface area contributed by atoms with Gasteiger partial charge in [-0.05, 0) is 18.2 Å². The van der Waals surface area contributed by atoms with Crippen molar-refractivity contribution in [1.29, 1.82) is 0 Å². The lowest BCUT2D eigenvalue weighted by molar-refractivity contribution is -0.118. The van der Waals surface area contributed by atoms with Crippen LogP contribution in [0.5, 0.6) is 11.6 Å².